The quantitative estimate of drug-likeness (QED) is 0.394. The van der Waals surface area contributed by atoms with Crippen LogP contribution in [0.15, 0.2) is 36.4 Å². The maximum absolute atomic E-state index is 12.5. The van der Waals surface area contributed by atoms with Crippen molar-refractivity contribution in [1.82, 2.24) is 5.32 Å². The van der Waals surface area contributed by atoms with E-state index in [0.29, 0.717) is 24.7 Å². The number of sulfonamides is 1. The molecular formula is C22H27N3O8S. The molecule has 0 saturated heterocycles. The Kier molecular flexibility index (Phi) is 7.82. The number of carbonyl (C=O) groups excluding carboxylic acids is 1. The lowest BCUT2D eigenvalue weighted by molar-refractivity contribution is -0.384. The van der Waals surface area contributed by atoms with E-state index in [4.69, 9.17) is 14.2 Å². The van der Waals surface area contributed by atoms with Gasteiger partial charge in [0.2, 0.25) is 15.9 Å². The van der Waals surface area contributed by atoms with E-state index in [1.807, 2.05) is 19.1 Å². The van der Waals surface area contributed by atoms with Gasteiger partial charge < -0.3 is 19.5 Å². The lowest BCUT2D eigenvalue weighted by Crippen LogP contribution is -2.33. The summed E-state index contributed by atoms with van der Waals surface area (Å²) in [6.45, 7) is 2.73. The molecule has 0 bridgehead atoms. The molecule has 1 aliphatic rings. The number of nitro benzene ring substituents is 1. The number of methoxy groups -OCH3 is 1. The van der Waals surface area contributed by atoms with Crippen LogP contribution >= 0.6 is 0 Å². The highest BCUT2D eigenvalue weighted by Crippen LogP contribution is 2.34. The molecule has 0 aliphatic carbocycles. The molecule has 0 saturated carbocycles. The number of ether oxygens (including phenoxy) is 3. The average molecular weight is 494 g/mol. The van der Waals surface area contributed by atoms with Crippen molar-refractivity contribution in [2.45, 2.75) is 25.8 Å². The van der Waals surface area contributed by atoms with E-state index in [0.717, 1.165) is 22.2 Å². The zero-order valence-corrected chi connectivity index (χ0v) is 20.0. The van der Waals surface area contributed by atoms with Gasteiger partial charge in [0, 0.05) is 25.1 Å². The van der Waals surface area contributed by atoms with Gasteiger partial charge >= 0.3 is 0 Å². The molecule has 184 valence electrons. The van der Waals surface area contributed by atoms with E-state index in [9.17, 15) is 23.3 Å². The Morgan fingerprint density at radius 2 is 1.91 bits per heavy atom. The van der Waals surface area contributed by atoms with Crippen molar-refractivity contribution in [1.29, 1.82) is 0 Å². The second-order valence-electron chi connectivity index (χ2n) is 7.74. The molecule has 0 aromatic heterocycles. The van der Waals surface area contributed by atoms with Gasteiger partial charge in [-0.3, -0.25) is 19.2 Å². The van der Waals surface area contributed by atoms with Gasteiger partial charge in [-0.25, -0.2) is 8.42 Å². The molecule has 1 N–H and O–H groups in total. The number of fused-ring (bicyclic) bond motifs is 1. The lowest BCUT2D eigenvalue weighted by atomic mass is 10.1. The van der Waals surface area contributed by atoms with Crippen LogP contribution in [0.4, 0.5) is 11.4 Å². The van der Waals surface area contributed by atoms with Crippen LogP contribution in [0.1, 0.15) is 31.4 Å². The normalized spacial score (nSPS) is 13.6. The predicted octanol–water partition coefficient (Wildman–Crippen LogP) is 2.80. The van der Waals surface area contributed by atoms with Crippen molar-refractivity contribution in [3.63, 3.8) is 0 Å². The van der Waals surface area contributed by atoms with Crippen LogP contribution < -0.4 is 23.8 Å². The highest BCUT2D eigenvalue weighted by Gasteiger charge is 2.24. The first kappa shape index (κ1) is 25.1. The van der Waals surface area contributed by atoms with Gasteiger partial charge in [-0.15, -0.1) is 0 Å². The minimum Gasteiger partial charge on any atom is -0.495 e. The number of nitrogens with one attached hydrogen (secondary N) is 1. The highest BCUT2D eigenvalue weighted by atomic mass is 32.2. The number of rotatable bonds is 10. The summed E-state index contributed by atoms with van der Waals surface area (Å²) in [7, 11) is -2.45. The summed E-state index contributed by atoms with van der Waals surface area (Å²) in [5, 5.41) is 14.0. The molecule has 2 aromatic carbocycles. The van der Waals surface area contributed by atoms with E-state index in [2.05, 4.69) is 5.32 Å². The van der Waals surface area contributed by atoms with Gasteiger partial charge in [0.1, 0.15) is 24.7 Å². The number of amides is 1. The molecule has 1 amide bonds. The largest absolute Gasteiger partial charge is 0.495 e. The van der Waals surface area contributed by atoms with Gasteiger partial charge in [-0.1, -0.05) is 6.07 Å². The van der Waals surface area contributed by atoms with E-state index in [1.54, 1.807) is 6.07 Å². The number of non-ortho nitro benzene ring substituents is 1. The van der Waals surface area contributed by atoms with Crippen molar-refractivity contribution in [3.8, 4) is 17.2 Å². The lowest BCUT2D eigenvalue weighted by Gasteiger charge is -2.24. The molecule has 0 fully saturated rings. The monoisotopic (exact) mass is 493 g/mol. The van der Waals surface area contributed by atoms with Gasteiger partial charge in [0.25, 0.3) is 5.69 Å². The topological polar surface area (TPSA) is 137 Å². The molecule has 3 rings (SSSR count). The standard InChI is InChI=1S/C22H27N3O8S/c1-15(16-6-8-20-21(13-16)33-12-11-32-20)23-22(26)5-4-10-24(34(3,29)30)18-14-17(25(27)28)7-9-19(18)31-2/h6-9,13-15H,4-5,10-12H2,1-3H3,(H,23,26). The first-order valence-corrected chi connectivity index (χ1v) is 12.4. The van der Waals surface area contributed by atoms with Gasteiger partial charge in [-0.05, 0) is 37.1 Å². The van der Waals surface area contributed by atoms with Crippen molar-refractivity contribution in [3.05, 3.63) is 52.1 Å². The molecule has 1 unspecified atom stereocenters. The van der Waals surface area contributed by atoms with Crippen LogP contribution in [0.2, 0.25) is 0 Å². The Bertz CT molecular complexity index is 1170. The first-order chi connectivity index (χ1) is 16.1. The molecule has 12 heteroatoms. The molecular weight excluding hydrogens is 466 g/mol. The number of carbonyl (C=O) groups is 1. The highest BCUT2D eigenvalue weighted by molar-refractivity contribution is 7.92. The van der Waals surface area contributed by atoms with Gasteiger partial charge in [0.15, 0.2) is 11.5 Å². The number of hydrogen-bond donors (Lipinski definition) is 1. The van der Waals surface area contributed by atoms with Crippen molar-refractivity contribution in [2.75, 3.05) is 37.4 Å². The Hall–Kier alpha value is -3.54. The zero-order chi connectivity index (χ0) is 24.9. The third kappa shape index (κ3) is 6.07. The molecule has 34 heavy (non-hydrogen) atoms. The Labute approximate surface area is 197 Å². The number of benzene rings is 2. The second kappa shape index (κ2) is 10.6. The number of nitro groups is 1. The van der Waals surface area contributed by atoms with Crippen LogP contribution in [0.25, 0.3) is 0 Å². The molecule has 1 heterocycles. The summed E-state index contributed by atoms with van der Waals surface area (Å²) in [6, 6.07) is 8.87. The third-order valence-electron chi connectivity index (χ3n) is 5.25. The van der Waals surface area contributed by atoms with Crippen LogP contribution in [0.5, 0.6) is 17.2 Å². The van der Waals surface area contributed by atoms with E-state index >= 15 is 0 Å². The van der Waals surface area contributed by atoms with Gasteiger partial charge in [0.05, 0.1) is 24.3 Å². The molecule has 0 radical (unpaired) electrons. The maximum Gasteiger partial charge on any atom is 0.271 e. The van der Waals surface area contributed by atoms with Crippen LogP contribution in [-0.4, -0.2) is 52.4 Å². The van der Waals surface area contributed by atoms with Gasteiger partial charge in [-0.2, -0.15) is 0 Å². The van der Waals surface area contributed by atoms with Crippen LogP contribution in [0.3, 0.4) is 0 Å². The summed E-state index contributed by atoms with van der Waals surface area (Å²) in [5.74, 6) is 1.19. The third-order valence-corrected chi connectivity index (χ3v) is 6.43. The molecule has 1 aliphatic heterocycles. The zero-order valence-electron chi connectivity index (χ0n) is 19.1. The number of hydrogen-bond acceptors (Lipinski definition) is 8. The predicted molar refractivity (Wildman–Crippen MR) is 125 cm³/mol. The van der Waals surface area contributed by atoms with Crippen LogP contribution in [-0.2, 0) is 14.8 Å². The second-order valence-corrected chi connectivity index (χ2v) is 9.65. The first-order valence-electron chi connectivity index (χ1n) is 10.6. The summed E-state index contributed by atoms with van der Waals surface area (Å²) < 4.78 is 42.1. The summed E-state index contributed by atoms with van der Waals surface area (Å²) in [4.78, 5) is 23.0. The van der Waals surface area contributed by atoms with E-state index in [1.165, 1.54) is 19.2 Å². The fourth-order valence-corrected chi connectivity index (χ4v) is 4.52. The fraction of sp³-hybridized carbons (Fsp3) is 0.409. The molecule has 0 spiro atoms. The Morgan fingerprint density at radius 3 is 2.56 bits per heavy atom. The SMILES string of the molecule is COc1ccc([N+](=O)[O-])cc1N(CCCC(=O)NC(C)c1ccc2c(c1)OCCO2)S(C)(=O)=O. The molecule has 2 aromatic rings. The Balaban J connectivity index is 1.64. The maximum atomic E-state index is 12.5. The van der Waals surface area contributed by atoms with Crippen molar-refractivity contribution in [2.24, 2.45) is 0 Å². The smallest absolute Gasteiger partial charge is 0.271 e. The van der Waals surface area contributed by atoms with Crippen LogP contribution in [0, 0.1) is 10.1 Å². The van der Waals surface area contributed by atoms with Crippen molar-refractivity contribution >= 4 is 27.3 Å². The number of nitrogens with zero attached hydrogens (tertiary/aromatic N) is 2. The minimum atomic E-state index is -3.79. The fourth-order valence-electron chi connectivity index (χ4n) is 3.56. The summed E-state index contributed by atoms with van der Waals surface area (Å²) >= 11 is 0. The number of anilines is 1. The summed E-state index contributed by atoms with van der Waals surface area (Å²) in [6.07, 6.45) is 1.24. The van der Waals surface area contributed by atoms with Crippen molar-refractivity contribution < 1.29 is 32.3 Å². The Morgan fingerprint density at radius 1 is 1.21 bits per heavy atom. The molecule has 11 nitrogen and oxygen atoms in total. The average Bonchev–Trinajstić information content (AvgIpc) is 2.80. The van der Waals surface area contributed by atoms with E-state index in [-0.39, 0.29) is 48.5 Å². The summed E-state index contributed by atoms with van der Waals surface area (Å²) in [5.41, 5.74) is 0.622. The molecule has 1 atom stereocenters. The minimum absolute atomic E-state index is 0.0456. The van der Waals surface area contributed by atoms with E-state index < -0.39 is 14.9 Å².